The minimum atomic E-state index is -0.0447. The van der Waals surface area contributed by atoms with Crippen LogP contribution in [0.5, 0.6) is 0 Å². The zero-order chi connectivity index (χ0) is 13.8. The summed E-state index contributed by atoms with van der Waals surface area (Å²) in [6.07, 6.45) is 0. The zero-order valence-corrected chi connectivity index (χ0v) is 11.7. The second-order valence-electron chi connectivity index (χ2n) is 4.33. The van der Waals surface area contributed by atoms with Gasteiger partial charge < -0.3 is 16.0 Å². The molecule has 0 spiro atoms. The summed E-state index contributed by atoms with van der Waals surface area (Å²) < 4.78 is 0. The lowest BCUT2D eigenvalue weighted by Crippen LogP contribution is -2.21. The number of rotatable bonds is 4. The monoisotopic (exact) mass is 276 g/mol. The number of nitrogens with one attached hydrogen (secondary N) is 1. The Kier molecular flexibility index (Phi) is 4.01. The first-order chi connectivity index (χ1) is 9.08. The highest BCUT2D eigenvalue weighted by molar-refractivity contribution is 7.07. The van der Waals surface area contributed by atoms with E-state index in [-0.39, 0.29) is 5.91 Å². The van der Waals surface area contributed by atoms with Crippen LogP contribution < -0.4 is 11.1 Å². The van der Waals surface area contributed by atoms with Crippen molar-refractivity contribution in [2.24, 2.45) is 0 Å². The molecule has 0 aliphatic heterocycles. The molecule has 100 valence electrons. The maximum absolute atomic E-state index is 11.9. The van der Waals surface area contributed by atoms with Crippen molar-refractivity contribution in [3.63, 3.8) is 0 Å². The van der Waals surface area contributed by atoms with Crippen molar-refractivity contribution in [2.45, 2.75) is 6.54 Å². The summed E-state index contributed by atoms with van der Waals surface area (Å²) in [7, 11) is 3.45. The molecule has 2 rings (SSSR count). The number of nitrogen functional groups attached to an aromatic ring is 1. The second kappa shape index (κ2) is 5.71. The van der Waals surface area contributed by atoms with Crippen LogP contribution in [0.2, 0.25) is 0 Å². The van der Waals surface area contributed by atoms with Crippen molar-refractivity contribution in [3.8, 4) is 0 Å². The van der Waals surface area contributed by atoms with Gasteiger partial charge in [0.15, 0.2) is 0 Å². The molecule has 1 heterocycles. The first-order valence-corrected chi connectivity index (χ1v) is 6.74. The summed E-state index contributed by atoms with van der Waals surface area (Å²) in [6, 6.07) is 5.23. The molecule has 1 amide bonds. The van der Waals surface area contributed by atoms with E-state index in [0.717, 1.165) is 11.4 Å². The average Bonchev–Trinajstić information content (AvgIpc) is 2.90. The normalized spacial score (nSPS) is 10.2. The van der Waals surface area contributed by atoms with Gasteiger partial charge in [-0.1, -0.05) is 0 Å². The first kappa shape index (κ1) is 13.4. The lowest BCUT2D eigenvalue weighted by molar-refractivity contribution is 0.0827. The number of carbonyl (C=O) groups excluding carboxylic acids is 1. The van der Waals surface area contributed by atoms with Crippen molar-refractivity contribution >= 4 is 28.6 Å². The molecular formula is C13H16N4OS. The van der Waals surface area contributed by atoms with Gasteiger partial charge in [0.25, 0.3) is 5.91 Å². The number of carbonyl (C=O) groups is 1. The van der Waals surface area contributed by atoms with Crippen LogP contribution in [-0.2, 0) is 6.54 Å². The summed E-state index contributed by atoms with van der Waals surface area (Å²) in [5.74, 6) is -0.0447. The number of hydrogen-bond acceptors (Lipinski definition) is 5. The van der Waals surface area contributed by atoms with Crippen molar-refractivity contribution in [1.29, 1.82) is 0 Å². The summed E-state index contributed by atoms with van der Waals surface area (Å²) in [4.78, 5) is 17.6. The Balaban J connectivity index is 2.15. The molecule has 19 heavy (non-hydrogen) atoms. The van der Waals surface area contributed by atoms with Gasteiger partial charge in [-0.3, -0.25) is 4.79 Å². The standard InChI is InChI=1S/C13H16N4OS/c1-17(2)13(18)9-3-4-11(14)12(5-9)15-6-10-7-19-8-16-10/h3-5,7-8,15H,6,14H2,1-2H3. The van der Waals surface area contributed by atoms with Gasteiger partial charge in [0, 0.05) is 25.0 Å². The number of amides is 1. The Morgan fingerprint density at radius 2 is 2.26 bits per heavy atom. The number of hydrogen-bond donors (Lipinski definition) is 2. The molecule has 2 aromatic rings. The van der Waals surface area contributed by atoms with Crippen LogP contribution in [0.15, 0.2) is 29.1 Å². The van der Waals surface area contributed by atoms with Gasteiger partial charge in [-0.15, -0.1) is 11.3 Å². The third kappa shape index (κ3) is 3.23. The van der Waals surface area contributed by atoms with E-state index in [1.54, 1.807) is 49.1 Å². The number of nitrogens with two attached hydrogens (primary N) is 1. The molecule has 0 saturated heterocycles. The fraction of sp³-hybridized carbons (Fsp3) is 0.231. The van der Waals surface area contributed by atoms with Gasteiger partial charge >= 0.3 is 0 Å². The van der Waals surface area contributed by atoms with E-state index in [1.165, 1.54) is 4.90 Å². The molecule has 0 aliphatic rings. The Labute approximate surface area is 116 Å². The molecular weight excluding hydrogens is 260 g/mol. The third-order valence-corrected chi connectivity index (χ3v) is 3.29. The largest absolute Gasteiger partial charge is 0.397 e. The molecule has 3 N–H and O–H groups in total. The molecule has 0 saturated carbocycles. The topological polar surface area (TPSA) is 71.2 Å². The van der Waals surface area contributed by atoms with Gasteiger partial charge in [-0.05, 0) is 18.2 Å². The van der Waals surface area contributed by atoms with Crippen LogP contribution in [0, 0.1) is 0 Å². The van der Waals surface area contributed by atoms with Crippen LogP contribution in [-0.4, -0.2) is 29.9 Å². The van der Waals surface area contributed by atoms with E-state index < -0.39 is 0 Å². The molecule has 0 radical (unpaired) electrons. The average molecular weight is 276 g/mol. The second-order valence-corrected chi connectivity index (χ2v) is 5.05. The molecule has 0 unspecified atom stereocenters. The van der Waals surface area contributed by atoms with Crippen molar-refractivity contribution in [1.82, 2.24) is 9.88 Å². The highest BCUT2D eigenvalue weighted by Gasteiger charge is 2.10. The van der Waals surface area contributed by atoms with Crippen LogP contribution in [0.1, 0.15) is 16.1 Å². The minimum Gasteiger partial charge on any atom is -0.397 e. The lowest BCUT2D eigenvalue weighted by atomic mass is 10.1. The number of thiazole rings is 1. The molecule has 5 nitrogen and oxygen atoms in total. The van der Waals surface area contributed by atoms with E-state index in [4.69, 9.17) is 5.73 Å². The molecule has 1 aromatic heterocycles. The Morgan fingerprint density at radius 3 is 2.89 bits per heavy atom. The van der Waals surface area contributed by atoms with E-state index in [2.05, 4.69) is 10.3 Å². The number of anilines is 2. The summed E-state index contributed by atoms with van der Waals surface area (Å²) in [6.45, 7) is 0.591. The Hall–Kier alpha value is -2.08. The maximum atomic E-state index is 11.9. The Bertz CT molecular complexity index is 566. The molecule has 0 aliphatic carbocycles. The fourth-order valence-electron chi connectivity index (χ4n) is 1.61. The van der Waals surface area contributed by atoms with Gasteiger partial charge in [0.2, 0.25) is 0 Å². The van der Waals surface area contributed by atoms with Gasteiger partial charge in [-0.2, -0.15) is 0 Å². The smallest absolute Gasteiger partial charge is 0.253 e. The quantitative estimate of drug-likeness (QED) is 0.838. The number of aromatic nitrogens is 1. The summed E-state index contributed by atoms with van der Waals surface area (Å²) >= 11 is 1.55. The molecule has 6 heteroatoms. The van der Waals surface area contributed by atoms with Gasteiger partial charge in [-0.25, -0.2) is 4.98 Å². The Morgan fingerprint density at radius 1 is 1.47 bits per heavy atom. The highest BCUT2D eigenvalue weighted by Crippen LogP contribution is 2.21. The predicted octanol–water partition coefficient (Wildman–Crippen LogP) is 2.04. The van der Waals surface area contributed by atoms with E-state index >= 15 is 0 Å². The maximum Gasteiger partial charge on any atom is 0.253 e. The van der Waals surface area contributed by atoms with Crippen molar-refractivity contribution in [3.05, 3.63) is 40.3 Å². The SMILES string of the molecule is CN(C)C(=O)c1ccc(N)c(NCc2cscn2)c1. The van der Waals surface area contributed by atoms with E-state index in [0.29, 0.717) is 17.8 Å². The highest BCUT2D eigenvalue weighted by atomic mass is 32.1. The van der Waals surface area contributed by atoms with Crippen LogP contribution in [0.25, 0.3) is 0 Å². The molecule has 1 aromatic carbocycles. The summed E-state index contributed by atoms with van der Waals surface area (Å²) in [5.41, 5.74) is 10.6. The number of benzene rings is 1. The van der Waals surface area contributed by atoms with Crippen molar-refractivity contribution < 1.29 is 4.79 Å². The summed E-state index contributed by atoms with van der Waals surface area (Å²) in [5, 5.41) is 5.17. The molecule has 0 fully saturated rings. The molecule has 0 atom stereocenters. The van der Waals surface area contributed by atoms with Gasteiger partial charge in [0.05, 0.1) is 29.1 Å². The lowest BCUT2D eigenvalue weighted by Gasteiger charge is -2.13. The van der Waals surface area contributed by atoms with Crippen LogP contribution in [0.3, 0.4) is 0 Å². The van der Waals surface area contributed by atoms with Gasteiger partial charge in [0.1, 0.15) is 0 Å². The number of nitrogens with zero attached hydrogens (tertiary/aromatic N) is 2. The zero-order valence-electron chi connectivity index (χ0n) is 10.9. The third-order valence-electron chi connectivity index (χ3n) is 2.65. The van der Waals surface area contributed by atoms with E-state index in [9.17, 15) is 4.79 Å². The predicted molar refractivity (Wildman–Crippen MR) is 78.3 cm³/mol. The molecule has 0 bridgehead atoms. The first-order valence-electron chi connectivity index (χ1n) is 5.80. The minimum absolute atomic E-state index is 0.0447. The fourth-order valence-corrected chi connectivity index (χ4v) is 2.17. The van der Waals surface area contributed by atoms with Crippen LogP contribution >= 0.6 is 11.3 Å². The van der Waals surface area contributed by atoms with Crippen molar-refractivity contribution in [2.75, 3.05) is 25.1 Å². The van der Waals surface area contributed by atoms with E-state index in [1.807, 2.05) is 5.38 Å². The van der Waals surface area contributed by atoms with Crippen LogP contribution in [0.4, 0.5) is 11.4 Å².